The van der Waals surface area contributed by atoms with Crippen molar-refractivity contribution in [3.63, 3.8) is 0 Å². The third-order valence-corrected chi connectivity index (χ3v) is 11.1. The maximum Gasteiger partial charge on any atom is 0.305 e. The molecule has 1 aromatic rings. The van der Waals surface area contributed by atoms with Crippen molar-refractivity contribution < 1.29 is 53.1 Å². The number of hydrogen-bond acceptors (Lipinski definition) is 12. The summed E-state index contributed by atoms with van der Waals surface area (Å²) in [6, 6.07) is -0.317. The van der Waals surface area contributed by atoms with Crippen molar-refractivity contribution in [1.29, 1.82) is 0 Å². The average Bonchev–Trinajstić information content (AvgIpc) is 3.28. The molecule has 0 fully saturated rings. The Morgan fingerprint density at radius 3 is 1.58 bits per heavy atom. The van der Waals surface area contributed by atoms with Crippen molar-refractivity contribution in [3.05, 3.63) is 35.9 Å². The number of primary amides is 1. The molecular formula is C47H79N13O11. The number of carbonyl (C=O) groups is 10. The molecule has 9 amide bonds. The van der Waals surface area contributed by atoms with Gasteiger partial charge in [0.05, 0.1) is 13.0 Å². The van der Waals surface area contributed by atoms with Crippen molar-refractivity contribution in [1.82, 2.24) is 42.5 Å². The molecule has 1 rings (SSSR count). The maximum absolute atomic E-state index is 14.4. The summed E-state index contributed by atoms with van der Waals surface area (Å²) in [5, 5.41) is 30.3. The van der Waals surface area contributed by atoms with Crippen LogP contribution in [0.4, 0.5) is 0 Å². The van der Waals surface area contributed by atoms with Crippen molar-refractivity contribution in [2.75, 3.05) is 19.6 Å². The molecule has 24 heteroatoms. The van der Waals surface area contributed by atoms with Crippen molar-refractivity contribution in [2.45, 2.75) is 155 Å². The van der Waals surface area contributed by atoms with E-state index in [4.69, 9.17) is 22.9 Å². The van der Waals surface area contributed by atoms with Crippen LogP contribution in [0.25, 0.3) is 0 Å². The molecule has 8 atom stereocenters. The normalized spacial score (nSPS) is 14.4. The first-order valence-corrected chi connectivity index (χ1v) is 24.0. The monoisotopic (exact) mass is 1000 g/mol. The minimum Gasteiger partial charge on any atom is -0.481 e. The molecule has 71 heavy (non-hydrogen) atoms. The Balaban J connectivity index is 3.54. The summed E-state index contributed by atoms with van der Waals surface area (Å²) >= 11 is 0. The number of rotatable bonds is 34. The Labute approximate surface area is 415 Å². The van der Waals surface area contributed by atoms with Crippen LogP contribution in [0.2, 0.25) is 0 Å². The number of carboxylic acids is 1. The fraction of sp³-hybridized carbons (Fsp3) is 0.638. The topological polar surface area (TPSA) is 404 Å². The highest BCUT2D eigenvalue weighted by molar-refractivity contribution is 5.98. The summed E-state index contributed by atoms with van der Waals surface area (Å²) in [5.74, 6) is -9.37. The van der Waals surface area contributed by atoms with E-state index in [0.29, 0.717) is 37.8 Å². The summed E-state index contributed by atoms with van der Waals surface area (Å²) in [7, 11) is 0. The number of aliphatic carboxylic acids is 1. The average molecular weight is 1000 g/mol. The molecule has 398 valence electrons. The zero-order chi connectivity index (χ0) is 53.8. The van der Waals surface area contributed by atoms with Gasteiger partial charge in [0.25, 0.3) is 0 Å². The summed E-state index contributed by atoms with van der Waals surface area (Å²) in [6.07, 6.45) is 1.16. The van der Waals surface area contributed by atoms with E-state index >= 15 is 0 Å². The Morgan fingerprint density at radius 2 is 1.07 bits per heavy atom. The fourth-order valence-electron chi connectivity index (χ4n) is 7.23. The number of benzene rings is 1. The molecule has 0 saturated heterocycles. The van der Waals surface area contributed by atoms with Gasteiger partial charge in [-0.15, -0.1) is 0 Å². The minimum absolute atomic E-state index is 0.0230. The second-order valence-electron chi connectivity index (χ2n) is 18.4. The second-order valence-corrected chi connectivity index (χ2v) is 18.4. The van der Waals surface area contributed by atoms with E-state index in [-0.39, 0.29) is 56.4 Å². The number of carbonyl (C=O) groups excluding carboxylic acids is 9. The lowest BCUT2D eigenvalue weighted by molar-refractivity contribution is -0.141. The standard InChI is InChI=1S/C47H79N13O11/c1-8-28(6)39(60-42(67)32(17-12-13-19-48)55-41(66)31(54-29(7)61)18-14-20-52-47(50)51)46(71)59-34(22-27(4)5)44(69)57-35(23-30-15-10-9-11-16-30)45(70)56-33(21-26(2)3)43(68)58-36(24-38(63)64)40(65)53-25-37(49)62/h9-11,15-16,26-28,31-36,39H,8,12-14,17-25,48H2,1-7H3,(H2,49,62)(H,53,65)(H,54,61)(H,55,66)(H,56,70)(H,57,69)(H,58,68)(H,59,71)(H,60,67)(H,63,64)(H4,50,51,52). The highest BCUT2D eigenvalue weighted by Crippen LogP contribution is 2.15. The zero-order valence-electron chi connectivity index (χ0n) is 42.1. The Hall–Kier alpha value is -6.85. The molecule has 0 spiro atoms. The predicted octanol–water partition coefficient (Wildman–Crippen LogP) is -1.96. The van der Waals surface area contributed by atoms with Crippen LogP contribution in [0.15, 0.2) is 35.3 Å². The van der Waals surface area contributed by atoms with Gasteiger partial charge in [0.2, 0.25) is 53.2 Å². The largest absolute Gasteiger partial charge is 0.481 e. The third-order valence-electron chi connectivity index (χ3n) is 11.1. The summed E-state index contributed by atoms with van der Waals surface area (Å²) in [6.45, 7) is 11.8. The number of nitrogens with one attached hydrogen (secondary N) is 8. The Morgan fingerprint density at radius 1 is 0.592 bits per heavy atom. The highest BCUT2D eigenvalue weighted by atomic mass is 16.4. The van der Waals surface area contributed by atoms with E-state index in [1.807, 2.05) is 13.8 Å². The van der Waals surface area contributed by atoms with Crippen LogP contribution in [-0.4, -0.2) is 132 Å². The fourth-order valence-corrected chi connectivity index (χ4v) is 7.23. The molecular weight excluding hydrogens is 923 g/mol. The zero-order valence-corrected chi connectivity index (χ0v) is 42.1. The molecule has 0 heterocycles. The third kappa shape index (κ3) is 25.5. The number of aliphatic imine (C=N–C) groups is 1. The number of carboxylic acid groups (broad SMARTS) is 1. The number of guanidine groups is 1. The molecule has 0 bridgehead atoms. The number of hydrogen-bond donors (Lipinski definition) is 13. The van der Waals surface area contributed by atoms with Gasteiger partial charge < -0.3 is 70.6 Å². The highest BCUT2D eigenvalue weighted by Gasteiger charge is 2.36. The van der Waals surface area contributed by atoms with Gasteiger partial charge in [-0.25, -0.2) is 0 Å². The van der Waals surface area contributed by atoms with Gasteiger partial charge in [0.15, 0.2) is 5.96 Å². The molecule has 1 aromatic carbocycles. The first kappa shape index (κ1) is 62.2. The number of amides is 9. The van der Waals surface area contributed by atoms with Crippen LogP contribution >= 0.6 is 0 Å². The van der Waals surface area contributed by atoms with Gasteiger partial charge in [-0.1, -0.05) is 78.3 Å². The molecule has 0 aliphatic rings. The number of nitrogens with two attached hydrogens (primary N) is 4. The Kier molecular flexibility index (Phi) is 28.8. The second kappa shape index (κ2) is 32.9. The Bertz CT molecular complexity index is 1960. The lowest BCUT2D eigenvalue weighted by Crippen LogP contribution is -2.61. The quantitative estimate of drug-likeness (QED) is 0.0203. The van der Waals surface area contributed by atoms with Crippen molar-refractivity contribution >= 4 is 65.1 Å². The molecule has 17 N–H and O–H groups in total. The van der Waals surface area contributed by atoms with Gasteiger partial charge in [-0.3, -0.25) is 52.9 Å². The number of unbranched alkanes of at least 4 members (excludes halogenated alkanes) is 1. The first-order chi connectivity index (χ1) is 33.4. The van der Waals surface area contributed by atoms with Crippen LogP contribution < -0.4 is 65.5 Å². The van der Waals surface area contributed by atoms with Gasteiger partial charge in [0, 0.05) is 19.9 Å². The van der Waals surface area contributed by atoms with Crippen LogP contribution in [0.1, 0.15) is 112 Å². The summed E-state index contributed by atoms with van der Waals surface area (Å²) in [4.78, 5) is 136. The van der Waals surface area contributed by atoms with E-state index in [0.717, 1.165) is 0 Å². The van der Waals surface area contributed by atoms with Crippen LogP contribution in [0.3, 0.4) is 0 Å². The predicted molar refractivity (Wildman–Crippen MR) is 265 cm³/mol. The molecule has 0 aliphatic heterocycles. The van der Waals surface area contributed by atoms with Crippen LogP contribution in [0.5, 0.6) is 0 Å². The molecule has 0 radical (unpaired) electrons. The van der Waals surface area contributed by atoms with E-state index < -0.39 is 120 Å². The minimum atomic E-state index is -1.64. The van der Waals surface area contributed by atoms with Crippen LogP contribution in [0, 0.1) is 17.8 Å². The van der Waals surface area contributed by atoms with Crippen molar-refractivity contribution in [2.24, 2.45) is 45.7 Å². The van der Waals surface area contributed by atoms with E-state index in [2.05, 4.69) is 47.5 Å². The molecule has 0 aliphatic carbocycles. The van der Waals surface area contributed by atoms with E-state index in [1.54, 1.807) is 58.0 Å². The van der Waals surface area contributed by atoms with Gasteiger partial charge >= 0.3 is 5.97 Å². The summed E-state index contributed by atoms with van der Waals surface area (Å²) in [5.41, 5.74) is 22.3. The van der Waals surface area contributed by atoms with Gasteiger partial charge in [-0.2, -0.15) is 0 Å². The van der Waals surface area contributed by atoms with Crippen LogP contribution in [-0.2, 0) is 54.4 Å². The van der Waals surface area contributed by atoms with Gasteiger partial charge in [0.1, 0.15) is 42.3 Å². The van der Waals surface area contributed by atoms with E-state index in [1.165, 1.54) is 6.92 Å². The first-order valence-electron chi connectivity index (χ1n) is 24.0. The number of nitrogens with zero attached hydrogens (tertiary/aromatic N) is 1. The maximum atomic E-state index is 14.4. The van der Waals surface area contributed by atoms with Crippen molar-refractivity contribution in [3.8, 4) is 0 Å². The molecule has 8 unspecified atom stereocenters. The SMILES string of the molecule is CCC(C)C(NC(=O)C(CCCCN)NC(=O)C(CCCN=C(N)N)NC(C)=O)C(=O)NC(CC(C)C)C(=O)NC(Cc1ccccc1)C(=O)NC(CC(C)C)C(=O)NC(CC(=O)O)C(=O)NCC(N)=O. The van der Waals surface area contributed by atoms with E-state index in [9.17, 15) is 53.1 Å². The smallest absolute Gasteiger partial charge is 0.305 e. The van der Waals surface area contributed by atoms with Gasteiger partial charge in [-0.05, 0) is 74.8 Å². The summed E-state index contributed by atoms with van der Waals surface area (Å²) < 4.78 is 0. The lowest BCUT2D eigenvalue weighted by Gasteiger charge is -2.30. The molecule has 24 nitrogen and oxygen atoms in total. The molecule has 0 saturated carbocycles. The lowest BCUT2D eigenvalue weighted by atomic mass is 9.95. The molecule has 0 aromatic heterocycles.